The second-order valence-electron chi connectivity index (χ2n) is 6.56. The molecule has 0 aromatic heterocycles. The Labute approximate surface area is 143 Å². The minimum absolute atomic E-state index is 0.0573. The average molecular weight is 333 g/mol. The molecular formula is C18H27N3O3. The van der Waals surface area contributed by atoms with Gasteiger partial charge in [-0.05, 0) is 24.0 Å². The van der Waals surface area contributed by atoms with E-state index in [2.05, 4.69) is 27.7 Å². The van der Waals surface area contributed by atoms with E-state index in [0.29, 0.717) is 19.7 Å². The van der Waals surface area contributed by atoms with Crippen molar-refractivity contribution in [1.29, 1.82) is 0 Å². The lowest BCUT2D eigenvalue weighted by Gasteiger charge is -2.30. The highest BCUT2D eigenvalue weighted by atomic mass is 16.5. The van der Waals surface area contributed by atoms with Crippen LogP contribution in [0.25, 0.3) is 0 Å². The van der Waals surface area contributed by atoms with Crippen LogP contribution < -0.4 is 10.6 Å². The molecule has 1 aromatic rings. The average Bonchev–Trinajstić information content (AvgIpc) is 2.63. The number of hydrogen-bond donors (Lipinski definition) is 3. The summed E-state index contributed by atoms with van der Waals surface area (Å²) in [6.07, 6.45) is 1.13. The summed E-state index contributed by atoms with van der Waals surface area (Å²) < 4.78 is 5.48. The lowest BCUT2D eigenvalue weighted by Crippen LogP contribution is -2.47. The molecule has 0 saturated carbocycles. The maximum atomic E-state index is 12.2. The molecule has 0 spiro atoms. The number of likely N-dealkylation sites (tertiary alicyclic amines) is 1. The molecule has 3 N–H and O–H groups in total. The summed E-state index contributed by atoms with van der Waals surface area (Å²) in [5.41, 5.74) is 2.37. The summed E-state index contributed by atoms with van der Waals surface area (Å²) in [4.78, 5) is 14.6. The number of ether oxygens (including phenoxy) is 1. The summed E-state index contributed by atoms with van der Waals surface area (Å²) in [6, 6.07) is 8.22. The molecule has 1 unspecified atom stereocenters. The van der Waals surface area contributed by atoms with E-state index >= 15 is 0 Å². The Morgan fingerprint density at radius 2 is 2.04 bits per heavy atom. The number of morpholine rings is 1. The van der Waals surface area contributed by atoms with Crippen LogP contribution in [0, 0.1) is 0 Å². The van der Waals surface area contributed by atoms with Gasteiger partial charge in [-0.25, -0.2) is 0 Å². The molecule has 1 amide bonds. The van der Waals surface area contributed by atoms with Gasteiger partial charge < -0.3 is 20.5 Å². The first-order valence-corrected chi connectivity index (χ1v) is 8.79. The SMILES string of the molecule is O=C(NCc1ccccc1CN1CCC(O)CC1)C1CNCCO1. The molecule has 2 heterocycles. The molecule has 0 radical (unpaired) electrons. The van der Waals surface area contributed by atoms with Gasteiger partial charge in [0, 0.05) is 39.3 Å². The minimum Gasteiger partial charge on any atom is -0.393 e. The summed E-state index contributed by atoms with van der Waals surface area (Å²) >= 11 is 0. The quantitative estimate of drug-likeness (QED) is 0.720. The number of rotatable bonds is 5. The maximum absolute atomic E-state index is 12.2. The summed E-state index contributed by atoms with van der Waals surface area (Å²) in [5, 5.41) is 15.8. The minimum atomic E-state index is -0.394. The van der Waals surface area contributed by atoms with Crippen molar-refractivity contribution in [3.8, 4) is 0 Å². The van der Waals surface area contributed by atoms with E-state index in [1.807, 2.05) is 12.1 Å². The topological polar surface area (TPSA) is 73.8 Å². The van der Waals surface area contributed by atoms with Crippen molar-refractivity contribution in [2.75, 3.05) is 32.8 Å². The van der Waals surface area contributed by atoms with Crippen LogP contribution in [0.3, 0.4) is 0 Å². The first-order valence-electron chi connectivity index (χ1n) is 8.79. The normalized spacial score (nSPS) is 23.1. The van der Waals surface area contributed by atoms with Gasteiger partial charge in [0.1, 0.15) is 6.10 Å². The third kappa shape index (κ3) is 4.77. The Morgan fingerprint density at radius 1 is 1.29 bits per heavy atom. The molecular weight excluding hydrogens is 306 g/mol. The number of hydrogen-bond acceptors (Lipinski definition) is 5. The number of benzene rings is 1. The fraction of sp³-hybridized carbons (Fsp3) is 0.611. The van der Waals surface area contributed by atoms with Crippen molar-refractivity contribution in [2.24, 2.45) is 0 Å². The molecule has 6 heteroatoms. The van der Waals surface area contributed by atoms with Gasteiger partial charge in [-0.15, -0.1) is 0 Å². The molecule has 1 aromatic carbocycles. The molecule has 2 fully saturated rings. The predicted molar refractivity (Wildman–Crippen MR) is 91.4 cm³/mol. The fourth-order valence-electron chi connectivity index (χ4n) is 3.23. The van der Waals surface area contributed by atoms with Crippen LogP contribution in [0.2, 0.25) is 0 Å². The Morgan fingerprint density at radius 3 is 2.75 bits per heavy atom. The third-order valence-corrected chi connectivity index (χ3v) is 4.74. The monoisotopic (exact) mass is 333 g/mol. The van der Waals surface area contributed by atoms with Gasteiger partial charge in [-0.1, -0.05) is 24.3 Å². The summed E-state index contributed by atoms with van der Waals surface area (Å²) in [6.45, 7) is 5.18. The van der Waals surface area contributed by atoms with Crippen LogP contribution in [-0.4, -0.2) is 60.9 Å². The zero-order chi connectivity index (χ0) is 16.8. The number of piperidine rings is 1. The highest BCUT2D eigenvalue weighted by Gasteiger charge is 2.22. The highest BCUT2D eigenvalue weighted by molar-refractivity contribution is 5.81. The molecule has 3 rings (SSSR count). The standard InChI is InChI=1S/C18H27N3O3/c22-16-5-8-21(9-6-16)13-15-4-2-1-3-14(15)11-20-18(23)17-12-19-7-10-24-17/h1-4,16-17,19,22H,5-13H2,(H,20,23). The van der Waals surface area contributed by atoms with Crippen molar-refractivity contribution in [1.82, 2.24) is 15.5 Å². The number of carbonyl (C=O) groups is 1. The molecule has 0 bridgehead atoms. The largest absolute Gasteiger partial charge is 0.393 e. The number of aliphatic hydroxyl groups excluding tert-OH is 1. The van der Waals surface area contributed by atoms with Crippen molar-refractivity contribution in [3.63, 3.8) is 0 Å². The molecule has 24 heavy (non-hydrogen) atoms. The zero-order valence-electron chi connectivity index (χ0n) is 14.0. The maximum Gasteiger partial charge on any atom is 0.250 e. The number of aliphatic hydroxyl groups is 1. The molecule has 2 aliphatic rings. The number of nitrogens with zero attached hydrogens (tertiary/aromatic N) is 1. The molecule has 132 valence electrons. The number of carbonyl (C=O) groups excluding carboxylic acids is 1. The van der Waals surface area contributed by atoms with E-state index in [1.165, 1.54) is 5.56 Å². The van der Waals surface area contributed by atoms with Crippen LogP contribution in [0.15, 0.2) is 24.3 Å². The van der Waals surface area contributed by atoms with Crippen molar-refractivity contribution in [3.05, 3.63) is 35.4 Å². The molecule has 2 aliphatic heterocycles. The van der Waals surface area contributed by atoms with Gasteiger partial charge in [-0.3, -0.25) is 9.69 Å². The lowest BCUT2D eigenvalue weighted by atomic mass is 10.0. The van der Waals surface area contributed by atoms with Crippen LogP contribution in [-0.2, 0) is 22.6 Å². The van der Waals surface area contributed by atoms with Crippen molar-refractivity contribution < 1.29 is 14.6 Å². The molecule has 0 aliphatic carbocycles. The lowest BCUT2D eigenvalue weighted by molar-refractivity contribution is -0.134. The first kappa shape index (κ1) is 17.4. The van der Waals surface area contributed by atoms with E-state index in [0.717, 1.165) is 44.6 Å². The van der Waals surface area contributed by atoms with Gasteiger partial charge in [0.15, 0.2) is 0 Å². The second-order valence-corrected chi connectivity index (χ2v) is 6.56. The van der Waals surface area contributed by atoms with E-state index in [4.69, 9.17) is 4.74 Å². The second kappa shape index (κ2) is 8.58. The number of amides is 1. The molecule has 1 atom stereocenters. The van der Waals surface area contributed by atoms with E-state index < -0.39 is 6.10 Å². The van der Waals surface area contributed by atoms with E-state index in [9.17, 15) is 9.90 Å². The van der Waals surface area contributed by atoms with Crippen LogP contribution in [0.4, 0.5) is 0 Å². The van der Waals surface area contributed by atoms with Gasteiger partial charge in [0.2, 0.25) is 0 Å². The Kier molecular flexibility index (Phi) is 6.20. The Bertz CT molecular complexity index is 538. The summed E-state index contributed by atoms with van der Waals surface area (Å²) in [7, 11) is 0. The van der Waals surface area contributed by atoms with Gasteiger partial charge >= 0.3 is 0 Å². The van der Waals surface area contributed by atoms with Gasteiger partial charge in [0.05, 0.1) is 12.7 Å². The number of nitrogens with one attached hydrogen (secondary N) is 2. The molecule has 6 nitrogen and oxygen atoms in total. The van der Waals surface area contributed by atoms with Crippen molar-refractivity contribution in [2.45, 2.75) is 38.1 Å². The fourth-order valence-corrected chi connectivity index (χ4v) is 3.23. The molecule has 2 saturated heterocycles. The van der Waals surface area contributed by atoms with Crippen molar-refractivity contribution >= 4 is 5.91 Å². The van der Waals surface area contributed by atoms with Gasteiger partial charge in [0.25, 0.3) is 5.91 Å². The zero-order valence-corrected chi connectivity index (χ0v) is 14.0. The smallest absolute Gasteiger partial charge is 0.250 e. The third-order valence-electron chi connectivity index (χ3n) is 4.74. The Hall–Kier alpha value is -1.47. The highest BCUT2D eigenvalue weighted by Crippen LogP contribution is 2.16. The van der Waals surface area contributed by atoms with Crippen LogP contribution in [0.1, 0.15) is 24.0 Å². The van der Waals surface area contributed by atoms with Crippen LogP contribution in [0.5, 0.6) is 0 Å². The first-order chi connectivity index (χ1) is 11.7. The van der Waals surface area contributed by atoms with E-state index in [-0.39, 0.29) is 12.0 Å². The Balaban J connectivity index is 1.54. The van der Waals surface area contributed by atoms with Crippen LogP contribution >= 0.6 is 0 Å². The van der Waals surface area contributed by atoms with Gasteiger partial charge in [-0.2, -0.15) is 0 Å². The predicted octanol–water partition coefficient (Wildman–Crippen LogP) is 0.248. The summed E-state index contributed by atoms with van der Waals surface area (Å²) in [5.74, 6) is -0.0573. The van der Waals surface area contributed by atoms with E-state index in [1.54, 1.807) is 0 Å².